The molecule has 90 valence electrons. The lowest BCUT2D eigenvalue weighted by Crippen LogP contribution is -1.91. The summed E-state index contributed by atoms with van der Waals surface area (Å²) < 4.78 is 0. The van der Waals surface area contributed by atoms with Crippen LogP contribution in [0, 0.1) is 0 Å². The first-order valence-electron chi connectivity index (χ1n) is 6.11. The van der Waals surface area contributed by atoms with Crippen molar-refractivity contribution in [3.05, 3.63) is 35.9 Å². The number of hydrogen-bond donors (Lipinski definition) is 0. The van der Waals surface area contributed by atoms with Crippen molar-refractivity contribution in [3.63, 3.8) is 0 Å². The van der Waals surface area contributed by atoms with Crippen molar-refractivity contribution in [2.24, 2.45) is 0 Å². The van der Waals surface area contributed by atoms with Gasteiger partial charge in [-0.3, -0.25) is 0 Å². The molecule has 0 aliphatic carbocycles. The van der Waals surface area contributed by atoms with Gasteiger partial charge < -0.3 is 0 Å². The number of unbranched alkanes of at least 4 members (excludes halogenated alkanes) is 2. The summed E-state index contributed by atoms with van der Waals surface area (Å²) in [6, 6.07) is 10.4. The highest BCUT2D eigenvalue weighted by Crippen LogP contribution is 2.26. The summed E-state index contributed by atoms with van der Waals surface area (Å²) in [5.41, 5.74) is 1.26. The quantitative estimate of drug-likeness (QED) is 0.450. The van der Waals surface area contributed by atoms with Crippen molar-refractivity contribution in [2.75, 3.05) is 11.5 Å². The second kappa shape index (κ2) is 8.95. The Bertz CT molecular complexity index is 261. The lowest BCUT2D eigenvalue weighted by molar-refractivity contribution is 0.658. The zero-order chi connectivity index (χ0) is 11.6. The minimum atomic E-state index is 0.194. The number of hydrogen-bond acceptors (Lipinski definition) is 1. The molecule has 0 spiro atoms. The molecule has 0 saturated heterocycles. The molecule has 0 saturated carbocycles. The fourth-order valence-corrected chi connectivity index (χ4v) is 2.67. The molecule has 0 aliphatic heterocycles. The van der Waals surface area contributed by atoms with Gasteiger partial charge in [0.1, 0.15) is 0 Å². The Balaban J connectivity index is 2.09. The van der Waals surface area contributed by atoms with Gasteiger partial charge in [-0.05, 0) is 29.9 Å². The molecule has 0 fully saturated rings. The summed E-state index contributed by atoms with van der Waals surface area (Å²) in [6.45, 7) is 2.22. The summed E-state index contributed by atoms with van der Waals surface area (Å²) >= 11 is 8.37. The fourth-order valence-electron chi connectivity index (χ4n) is 1.68. The van der Waals surface area contributed by atoms with Crippen LogP contribution >= 0.6 is 23.4 Å². The first-order valence-corrected chi connectivity index (χ1v) is 7.70. The molecule has 1 aromatic carbocycles. The van der Waals surface area contributed by atoms with E-state index in [1.54, 1.807) is 0 Å². The molecule has 0 amide bonds. The highest BCUT2D eigenvalue weighted by Gasteiger charge is 2.05. The van der Waals surface area contributed by atoms with Crippen molar-refractivity contribution in [1.82, 2.24) is 0 Å². The first kappa shape index (κ1) is 13.9. The highest BCUT2D eigenvalue weighted by atomic mass is 35.5. The van der Waals surface area contributed by atoms with Crippen LogP contribution in [-0.4, -0.2) is 11.5 Å². The van der Waals surface area contributed by atoms with E-state index < -0.39 is 0 Å². The van der Waals surface area contributed by atoms with Crippen LogP contribution in [0.3, 0.4) is 0 Å². The van der Waals surface area contributed by atoms with E-state index in [2.05, 4.69) is 31.2 Å². The SMILES string of the molecule is CCSCCCCCC(Cl)c1ccccc1. The Hall–Kier alpha value is -0.140. The van der Waals surface area contributed by atoms with E-state index >= 15 is 0 Å². The van der Waals surface area contributed by atoms with Gasteiger partial charge in [-0.2, -0.15) is 11.8 Å². The lowest BCUT2D eigenvalue weighted by Gasteiger charge is -2.09. The summed E-state index contributed by atoms with van der Waals surface area (Å²) in [4.78, 5) is 0. The zero-order valence-electron chi connectivity index (χ0n) is 9.99. The van der Waals surface area contributed by atoms with Crippen LogP contribution in [0.15, 0.2) is 30.3 Å². The van der Waals surface area contributed by atoms with Gasteiger partial charge >= 0.3 is 0 Å². The number of benzene rings is 1. The van der Waals surface area contributed by atoms with Crippen molar-refractivity contribution >= 4 is 23.4 Å². The second-order valence-electron chi connectivity index (χ2n) is 3.92. The Morgan fingerprint density at radius 2 is 1.88 bits per heavy atom. The van der Waals surface area contributed by atoms with Gasteiger partial charge in [0.05, 0.1) is 5.38 Å². The van der Waals surface area contributed by atoms with Gasteiger partial charge in [-0.1, -0.05) is 50.1 Å². The molecular formula is C14H21ClS. The van der Waals surface area contributed by atoms with Crippen molar-refractivity contribution in [1.29, 1.82) is 0 Å². The van der Waals surface area contributed by atoms with Crippen LogP contribution in [0.1, 0.15) is 43.5 Å². The minimum Gasteiger partial charge on any atom is -0.162 e. The molecular weight excluding hydrogens is 236 g/mol. The van der Waals surface area contributed by atoms with Gasteiger partial charge in [0.2, 0.25) is 0 Å². The van der Waals surface area contributed by atoms with Crippen LogP contribution < -0.4 is 0 Å². The van der Waals surface area contributed by atoms with Gasteiger partial charge in [-0.25, -0.2) is 0 Å². The van der Waals surface area contributed by atoms with Crippen molar-refractivity contribution < 1.29 is 0 Å². The van der Waals surface area contributed by atoms with Crippen molar-refractivity contribution in [2.45, 2.75) is 38.0 Å². The zero-order valence-corrected chi connectivity index (χ0v) is 11.6. The van der Waals surface area contributed by atoms with Crippen LogP contribution in [-0.2, 0) is 0 Å². The van der Waals surface area contributed by atoms with Crippen LogP contribution in [0.25, 0.3) is 0 Å². The number of halogens is 1. The van der Waals surface area contributed by atoms with Crippen LogP contribution in [0.4, 0.5) is 0 Å². The molecule has 0 N–H and O–H groups in total. The normalized spacial score (nSPS) is 12.6. The fraction of sp³-hybridized carbons (Fsp3) is 0.571. The van der Waals surface area contributed by atoms with E-state index in [1.807, 2.05) is 17.8 Å². The lowest BCUT2D eigenvalue weighted by atomic mass is 10.1. The van der Waals surface area contributed by atoms with Gasteiger partial charge in [0, 0.05) is 0 Å². The van der Waals surface area contributed by atoms with E-state index in [-0.39, 0.29) is 5.38 Å². The monoisotopic (exact) mass is 256 g/mol. The molecule has 2 heteroatoms. The smallest absolute Gasteiger partial charge is 0.0585 e. The standard InChI is InChI=1S/C14H21ClS/c1-2-16-12-8-4-7-11-14(15)13-9-5-3-6-10-13/h3,5-6,9-10,14H,2,4,7-8,11-12H2,1H3. The molecule has 1 aromatic rings. The number of rotatable bonds is 8. The summed E-state index contributed by atoms with van der Waals surface area (Å²) in [7, 11) is 0. The molecule has 16 heavy (non-hydrogen) atoms. The second-order valence-corrected chi connectivity index (χ2v) is 5.85. The molecule has 0 bridgehead atoms. The average molecular weight is 257 g/mol. The summed E-state index contributed by atoms with van der Waals surface area (Å²) in [6.07, 6.45) is 4.98. The molecule has 0 aromatic heterocycles. The van der Waals surface area contributed by atoms with Gasteiger partial charge in [-0.15, -0.1) is 11.6 Å². The third-order valence-corrected chi connectivity index (χ3v) is 4.07. The van der Waals surface area contributed by atoms with E-state index in [9.17, 15) is 0 Å². The molecule has 1 atom stereocenters. The number of thioether (sulfide) groups is 1. The molecule has 0 nitrogen and oxygen atoms in total. The highest BCUT2D eigenvalue weighted by molar-refractivity contribution is 7.99. The van der Waals surface area contributed by atoms with E-state index in [0.717, 1.165) is 6.42 Å². The molecule has 0 aliphatic rings. The van der Waals surface area contributed by atoms with Crippen molar-refractivity contribution in [3.8, 4) is 0 Å². The first-order chi connectivity index (χ1) is 7.84. The van der Waals surface area contributed by atoms with E-state index in [1.165, 1.54) is 36.3 Å². The average Bonchev–Trinajstić information content (AvgIpc) is 2.34. The molecule has 1 rings (SSSR count). The third-order valence-electron chi connectivity index (χ3n) is 2.61. The predicted octanol–water partition coefficient (Wildman–Crippen LogP) is 5.28. The maximum atomic E-state index is 6.34. The molecule has 0 radical (unpaired) electrons. The van der Waals surface area contributed by atoms with Crippen LogP contribution in [0.2, 0.25) is 0 Å². The van der Waals surface area contributed by atoms with E-state index in [0.29, 0.717) is 0 Å². The maximum absolute atomic E-state index is 6.34. The van der Waals surface area contributed by atoms with Gasteiger partial charge in [0.25, 0.3) is 0 Å². The Kier molecular flexibility index (Phi) is 7.79. The topological polar surface area (TPSA) is 0 Å². The number of alkyl halides is 1. The van der Waals surface area contributed by atoms with E-state index in [4.69, 9.17) is 11.6 Å². The third kappa shape index (κ3) is 5.81. The Labute approximate surface area is 109 Å². The maximum Gasteiger partial charge on any atom is 0.0585 e. The Morgan fingerprint density at radius 1 is 1.12 bits per heavy atom. The molecule has 0 heterocycles. The largest absolute Gasteiger partial charge is 0.162 e. The Morgan fingerprint density at radius 3 is 2.56 bits per heavy atom. The van der Waals surface area contributed by atoms with Crippen LogP contribution in [0.5, 0.6) is 0 Å². The minimum absolute atomic E-state index is 0.194. The predicted molar refractivity (Wildman–Crippen MR) is 76.5 cm³/mol. The molecule has 1 unspecified atom stereocenters. The summed E-state index contributed by atoms with van der Waals surface area (Å²) in [5.74, 6) is 2.54. The summed E-state index contributed by atoms with van der Waals surface area (Å²) in [5, 5.41) is 0.194. The van der Waals surface area contributed by atoms with Gasteiger partial charge in [0.15, 0.2) is 0 Å².